The molecule has 1 aliphatic rings. The molecule has 0 spiro atoms. The summed E-state index contributed by atoms with van der Waals surface area (Å²) in [5.41, 5.74) is 2.52. The van der Waals surface area contributed by atoms with Crippen LogP contribution in [-0.4, -0.2) is 43.5 Å². The van der Waals surface area contributed by atoms with Gasteiger partial charge >= 0.3 is 0 Å². The molecule has 27 heavy (non-hydrogen) atoms. The Kier molecular flexibility index (Phi) is 6.19. The van der Waals surface area contributed by atoms with Gasteiger partial charge in [0.05, 0.1) is 5.92 Å². The van der Waals surface area contributed by atoms with Crippen LogP contribution in [0, 0.1) is 11.7 Å². The molecule has 1 aliphatic heterocycles. The van der Waals surface area contributed by atoms with Gasteiger partial charge in [-0.3, -0.25) is 9.59 Å². The number of nitrogens with one attached hydrogen (secondary N) is 1. The molecule has 6 heteroatoms. The number of halogens is 1. The molecule has 2 amide bonds. The molecule has 5 nitrogen and oxygen atoms in total. The van der Waals surface area contributed by atoms with E-state index in [1.165, 1.54) is 12.1 Å². The first-order chi connectivity index (χ1) is 13.1. The third-order valence-electron chi connectivity index (χ3n) is 4.69. The van der Waals surface area contributed by atoms with Gasteiger partial charge in [0.1, 0.15) is 5.82 Å². The number of hydrogen-bond donors (Lipinski definition) is 1. The summed E-state index contributed by atoms with van der Waals surface area (Å²) >= 11 is 0. The second-order valence-electron chi connectivity index (χ2n) is 6.66. The molecular weight excluding hydrogens is 347 g/mol. The average molecular weight is 370 g/mol. The molecule has 142 valence electrons. The van der Waals surface area contributed by atoms with E-state index in [2.05, 4.69) is 5.32 Å². The van der Waals surface area contributed by atoms with Crippen LogP contribution in [0.3, 0.4) is 0 Å². The van der Waals surface area contributed by atoms with Gasteiger partial charge in [-0.2, -0.15) is 0 Å². The molecule has 1 fully saturated rings. The third kappa shape index (κ3) is 4.92. The maximum Gasteiger partial charge on any atom is 0.229 e. The molecule has 0 unspecified atom stereocenters. The highest BCUT2D eigenvalue weighted by molar-refractivity contribution is 5.97. The minimum Gasteiger partial charge on any atom is -0.385 e. The van der Waals surface area contributed by atoms with E-state index >= 15 is 0 Å². The highest BCUT2D eigenvalue weighted by Gasteiger charge is 2.33. The van der Waals surface area contributed by atoms with Crippen molar-refractivity contribution in [3.63, 3.8) is 0 Å². The number of anilines is 1. The normalized spacial score (nSPS) is 16.6. The fourth-order valence-corrected chi connectivity index (χ4v) is 3.20. The lowest BCUT2D eigenvalue weighted by Crippen LogP contribution is -2.29. The SMILES string of the molecule is COCCCN1C[C@H](C(=O)Nc2ccc(-c3ccc(F)cc3)cc2)CC1=O. The fourth-order valence-electron chi connectivity index (χ4n) is 3.20. The van der Waals surface area contributed by atoms with E-state index < -0.39 is 0 Å². The zero-order chi connectivity index (χ0) is 19.2. The maximum atomic E-state index is 13.0. The number of rotatable bonds is 7. The quantitative estimate of drug-likeness (QED) is 0.761. The maximum absolute atomic E-state index is 13.0. The summed E-state index contributed by atoms with van der Waals surface area (Å²) < 4.78 is 18.0. The number of methoxy groups -OCH3 is 1. The third-order valence-corrected chi connectivity index (χ3v) is 4.69. The van der Waals surface area contributed by atoms with Crippen LogP contribution in [0.15, 0.2) is 48.5 Å². The van der Waals surface area contributed by atoms with Crippen LogP contribution in [0.4, 0.5) is 10.1 Å². The molecule has 0 aliphatic carbocycles. The Balaban J connectivity index is 1.56. The van der Waals surface area contributed by atoms with Gasteiger partial charge in [0.25, 0.3) is 0 Å². The first-order valence-electron chi connectivity index (χ1n) is 9.00. The van der Waals surface area contributed by atoms with Crippen LogP contribution in [0.5, 0.6) is 0 Å². The highest BCUT2D eigenvalue weighted by Crippen LogP contribution is 2.23. The van der Waals surface area contributed by atoms with Crippen molar-refractivity contribution in [3.05, 3.63) is 54.3 Å². The number of amides is 2. The largest absolute Gasteiger partial charge is 0.385 e. The number of carbonyl (C=O) groups is 2. The lowest BCUT2D eigenvalue weighted by molar-refractivity contribution is -0.128. The lowest BCUT2D eigenvalue weighted by atomic mass is 10.0. The summed E-state index contributed by atoms with van der Waals surface area (Å²) in [7, 11) is 1.63. The monoisotopic (exact) mass is 370 g/mol. The van der Waals surface area contributed by atoms with Crippen molar-refractivity contribution in [2.45, 2.75) is 12.8 Å². The van der Waals surface area contributed by atoms with Crippen molar-refractivity contribution >= 4 is 17.5 Å². The molecule has 1 heterocycles. The topological polar surface area (TPSA) is 58.6 Å². The molecule has 0 bridgehead atoms. The smallest absolute Gasteiger partial charge is 0.229 e. The Morgan fingerprint density at radius 2 is 1.78 bits per heavy atom. The van der Waals surface area contributed by atoms with Gasteiger partial charge in [-0.05, 0) is 41.8 Å². The van der Waals surface area contributed by atoms with E-state index in [0.717, 1.165) is 17.5 Å². The van der Waals surface area contributed by atoms with Gasteiger partial charge in [-0.15, -0.1) is 0 Å². The first-order valence-corrected chi connectivity index (χ1v) is 9.00. The molecule has 3 rings (SSSR count). The number of hydrogen-bond acceptors (Lipinski definition) is 3. The first kappa shape index (κ1) is 19.0. The van der Waals surface area contributed by atoms with E-state index in [0.29, 0.717) is 25.4 Å². The highest BCUT2D eigenvalue weighted by atomic mass is 19.1. The molecule has 0 radical (unpaired) electrons. The lowest BCUT2D eigenvalue weighted by Gasteiger charge is -2.16. The average Bonchev–Trinajstić information content (AvgIpc) is 3.04. The van der Waals surface area contributed by atoms with Gasteiger partial charge in [0.15, 0.2) is 0 Å². The predicted octanol–water partition coefficient (Wildman–Crippen LogP) is 3.32. The van der Waals surface area contributed by atoms with E-state index in [1.54, 1.807) is 24.1 Å². The van der Waals surface area contributed by atoms with E-state index in [9.17, 15) is 14.0 Å². The number of benzene rings is 2. The number of carbonyl (C=O) groups excluding carboxylic acids is 2. The van der Waals surface area contributed by atoms with E-state index in [1.807, 2.05) is 24.3 Å². The van der Waals surface area contributed by atoms with Crippen molar-refractivity contribution in [1.82, 2.24) is 4.90 Å². The standard InChI is InChI=1S/C21H23FN2O3/c1-27-12-2-11-24-14-17(13-20(24)25)21(26)23-19-9-5-16(6-10-19)15-3-7-18(22)8-4-15/h3-10,17H,2,11-14H2,1H3,(H,23,26)/t17-/m1/s1. The molecule has 1 atom stereocenters. The van der Waals surface area contributed by atoms with E-state index in [-0.39, 0.29) is 30.0 Å². The Morgan fingerprint density at radius 3 is 2.41 bits per heavy atom. The molecule has 2 aromatic carbocycles. The van der Waals surface area contributed by atoms with Crippen molar-refractivity contribution in [3.8, 4) is 11.1 Å². The van der Waals surface area contributed by atoms with Crippen molar-refractivity contribution < 1.29 is 18.7 Å². The van der Waals surface area contributed by atoms with Crippen molar-refractivity contribution in [1.29, 1.82) is 0 Å². The van der Waals surface area contributed by atoms with Gasteiger partial charge in [-0.25, -0.2) is 4.39 Å². The minimum absolute atomic E-state index is 0.0120. The molecule has 1 N–H and O–H groups in total. The zero-order valence-corrected chi connectivity index (χ0v) is 15.3. The Morgan fingerprint density at radius 1 is 1.15 bits per heavy atom. The van der Waals surface area contributed by atoms with Crippen LogP contribution in [0.25, 0.3) is 11.1 Å². The Hall–Kier alpha value is -2.73. The molecule has 0 aromatic heterocycles. The summed E-state index contributed by atoms with van der Waals surface area (Å²) in [5, 5.41) is 2.88. The molecule has 1 saturated heterocycles. The van der Waals surface area contributed by atoms with Crippen molar-refractivity contribution in [2.24, 2.45) is 5.92 Å². The van der Waals surface area contributed by atoms with Crippen LogP contribution < -0.4 is 5.32 Å². The predicted molar refractivity (Wildman–Crippen MR) is 102 cm³/mol. The number of nitrogens with zero attached hydrogens (tertiary/aromatic N) is 1. The molecule has 2 aromatic rings. The van der Waals surface area contributed by atoms with Gasteiger partial charge < -0.3 is 15.0 Å². The van der Waals surface area contributed by atoms with Crippen LogP contribution >= 0.6 is 0 Å². The number of ether oxygens (including phenoxy) is 1. The summed E-state index contributed by atoms with van der Waals surface area (Å²) in [6.45, 7) is 1.66. The minimum atomic E-state index is -0.336. The van der Waals surface area contributed by atoms with Gasteiger partial charge in [0, 0.05) is 38.9 Å². The van der Waals surface area contributed by atoms with Gasteiger partial charge in [0.2, 0.25) is 11.8 Å². The number of likely N-dealkylation sites (tertiary alicyclic amines) is 1. The van der Waals surface area contributed by atoms with Crippen LogP contribution in [0.1, 0.15) is 12.8 Å². The van der Waals surface area contributed by atoms with Crippen LogP contribution in [0.2, 0.25) is 0 Å². The second kappa shape index (κ2) is 8.77. The molecule has 0 saturated carbocycles. The summed E-state index contributed by atoms with van der Waals surface area (Å²) in [4.78, 5) is 26.2. The van der Waals surface area contributed by atoms with Crippen molar-refractivity contribution in [2.75, 3.05) is 32.1 Å². The van der Waals surface area contributed by atoms with Gasteiger partial charge in [-0.1, -0.05) is 24.3 Å². The van der Waals surface area contributed by atoms with Crippen LogP contribution in [-0.2, 0) is 14.3 Å². The summed E-state index contributed by atoms with van der Waals surface area (Å²) in [5.74, 6) is -0.744. The Bertz CT molecular complexity index is 790. The second-order valence-corrected chi connectivity index (χ2v) is 6.66. The Labute approximate surface area is 158 Å². The van der Waals surface area contributed by atoms with E-state index in [4.69, 9.17) is 4.74 Å². The summed E-state index contributed by atoms with van der Waals surface area (Å²) in [6.07, 6.45) is 1.01. The fraction of sp³-hybridized carbons (Fsp3) is 0.333. The molecular formula is C21H23FN2O3. The zero-order valence-electron chi connectivity index (χ0n) is 15.3. The summed E-state index contributed by atoms with van der Waals surface area (Å²) in [6, 6.07) is 13.6.